The van der Waals surface area contributed by atoms with Gasteiger partial charge < -0.3 is 4.74 Å². The summed E-state index contributed by atoms with van der Waals surface area (Å²) in [7, 11) is 1.61. The minimum absolute atomic E-state index is 0.211. The molecule has 0 aromatic heterocycles. The number of hydrogen-bond donors (Lipinski definition) is 1. The Balaban J connectivity index is 2.76. The van der Waals surface area contributed by atoms with Crippen molar-refractivity contribution in [3.63, 3.8) is 0 Å². The zero-order valence-corrected chi connectivity index (χ0v) is 8.77. The first-order valence-electron chi connectivity index (χ1n) is 4.52. The number of hydrazone groups is 1. The Labute approximate surface area is 93.6 Å². The Morgan fingerprint density at radius 2 is 2.19 bits per heavy atom. The van der Waals surface area contributed by atoms with Crippen LogP contribution in [0.15, 0.2) is 29.4 Å². The number of methoxy groups -OCH3 is 1. The third-order valence-corrected chi connectivity index (χ3v) is 1.75. The molecular weight excluding hydrogens is 204 g/mol. The van der Waals surface area contributed by atoms with Crippen LogP contribution in [0.5, 0.6) is 0 Å². The molecule has 0 aliphatic heterocycles. The molecule has 0 aliphatic carbocycles. The summed E-state index contributed by atoms with van der Waals surface area (Å²) >= 11 is 0. The Morgan fingerprint density at radius 3 is 2.81 bits per heavy atom. The standard InChI is InChI=1S/C11H10N4O/c1-16-8-9-3-2-4-10(5-9)14-15-11(6-12)7-13/h2-5,14H,8H2,1H3. The molecule has 0 fully saturated rings. The van der Waals surface area contributed by atoms with Crippen molar-refractivity contribution in [3.8, 4) is 12.1 Å². The van der Waals surface area contributed by atoms with Gasteiger partial charge in [0.1, 0.15) is 12.1 Å². The van der Waals surface area contributed by atoms with Gasteiger partial charge in [0.15, 0.2) is 0 Å². The fourth-order valence-electron chi connectivity index (χ4n) is 1.09. The molecule has 0 spiro atoms. The second kappa shape index (κ2) is 6.18. The zero-order chi connectivity index (χ0) is 11.8. The number of anilines is 1. The molecule has 1 rings (SSSR count). The van der Waals surface area contributed by atoms with Crippen molar-refractivity contribution < 1.29 is 4.74 Å². The minimum Gasteiger partial charge on any atom is -0.380 e. The summed E-state index contributed by atoms with van der Waals surface area (Å²) in [6.07, 6.45) is 0. The molecule has 16 heavy (non-hydrogen) atoms. The predicted molar refractivity (Wildman–Crippen MR) is 59.4 cm³/mol. The van der Waals surface area contributed by atoms with Crippen LogP contribution in [0.1, 0.15) is 5.56 Å². The van der Waals surface area contributed by atoms with E-state index in [1.165, 1.54) is 0 Å². The molecule has 0 bridgehead atoms. The number of ether oxygens (including phenoxy) is 1. The van der Waals surface area contributed by atoms with Crippen molar-refractivity contribution in [1.29, 1.82) is 10.5 Å². The van der Waals surface area contributed by atoms with Gasteiger partial charge in [-0.3, -0.25) is 5.43 Å². The largest absolute Gasteiger partial charge is 0.380 e. The molecule has 0 radical (unpaired) electrons. The highest BCUT2D eigenvalue weighted by Crippen LogP contribution is 2.11. The summed E-state index contributed by atoms with van der Waals surface area (Å²) in [5.41, 5.74) is 4.11. The molecule has 0 aliphatic rings. The van der Waals surface area contributed by atoms with Crippen LogP contribution in [0.4, 0.5) is 5.69 Å². The molecular formula is C11H10N4O. The van der Waals surface area contributed by atoms with Gasteiger partial charge in [0.2, 0.25) is 5.71 Å². The Kier molecular flexibility index (Phi) is 4.52. The Bertz CT molecular complexity index is 452. The lowest BCUT2D eigenvalue weighted by Crippen LogP contribution is -1.97. The fourth-order valence-corrected chi connectivity index (χ4v) is 1.09. The maximum atomic E-state index is 8.48. The number of nitriles is 2. The van der Waals surface area contributed by atoms with Crippen LogP contribution in [-0.2, 0) is 11.3 Å². The van der Waals surface area contributed by atoms with Crippen LogP contribution in [0.25, 0.3) is 0 Å². The van der Waals surface area contributed by atoms with E-state index in [0.29, 0.717) is 12.3 Å². The van der Waals surface area contributed by atoms with Crippen molar-refractivity contribution in [3.05, 3.63) is 29.8 Å². The summed E-state index contributed by atoms with van der Waals surface area (Å²) in [6, 6.07) is 10.7. The van der Waals surface area contributed by atoms with Crippen molar-refractivity contribution in [2.24, 2.45) is 5.10 Å². The molecule has 0 unspecified atom stereocenters. The molecule has 0 saturated heterocycles. The van der Waals surface area contributed by atoms with Crippen LogP contribution in [0, 0.1) is 22.7 Å². The summed E-state index contributed by atoms with van der Waals surface area (Å²) in [4.78, 5) is 0. The number of nitrogens with one attached hydrogen (secondary N) is 1. The van der Waals surface area contributed by atoms with Gasteiger partial charge in [0.25, 0.3) is 0 Å². The van der Waals surface area contributed by atoms with Crippen LogP contribution in [0.2, 0.25) is 0 Å². The quantitative estimate of drug-likeness (QED) is 0.610. The average molecular weight is 214 g/mol. The van der Waals surface area contributed by atoms with Crippen molar-refractivity contribution >= 4 is 11.4 Å². The second-order valence-electron chi connectivity index (χ2n) is 2.93. The molecule has 80 valence electrons. The van der Waals surface area contributed by atoms with E-state index in [9.17, 15) is 0 Å². The van der Waals surface area contributed by atoms with Gasteiger partial charge >= 0.3 is 0 Å². The molecule has 5 nitrogen and oxygen atoms in total. The van der Waals surface area contributed by atoms with Gasteiger partial charge in [0.05, 0.1) is 12.3 Å². The van der Waals surface area contributed by atoms with Crippen molar-refractivity contribution in [2.45, 2.75) is 6.61 Å². The lowest BCUT2D eigenvalue weighted by molar-refractivity contribution is 0.185. The van der Waals surface area contributed by atoms with E-state index in [2.05, 4.69) is 10.5 Å². The zero-order valence-electron chi connectivity index (χ0n) is 8.77. The maximum Gasteiger partial charge on any atom is 0.237 e. The summed E-state index contributed by atoms with van der Waals surface area (Å²) in [5.74, 6) is 0. The van der Waals surface area contributed by atoms with Crippen molar-refractivity contribution in [2.75, 3.05) is 12.5 Å². The first-order valence-corrected chi connectivity index (χ1v) is 4.52. The van der Waals surface area contributed by atoms with Gasteiger partial charge in [-0.15, -0.1) is 0 Å². The van der Waals surface area contributed by atoms with E-state index in [-0.39, 0.29) is 5.71 Å². The molecule has 0 saturated carbocycles. The van der Waals surface area contributed by atoms with Gasteiger partial charge in [-0.2, -0.15) is 15.6 Å². The topological polar surface area (TPSA) is 81.2 Å². The SMILES string of the molecule is COCc1cccc(NN=C(C#N)C#N)c1. The average Bonchev–Trinajstić information content (AvgIpc) is 2.31. The monoisotopic (exact) mass is 214 g/mol. The van der Waals surface area contributed by atoms with E-state index in [1.54, 1.807) is 25.3 Å². The van der Waals surface area contributed by atoms with Gasteiger partial charge in [-0.1, -0.05) is 12.1 Å². The normalized spacial score (nSPS) is 8.69. The highest BCUT2D eigenvalue weighted by molar-refractivity contribution is 6.10. The summed E-state index contributed by atoms with van der Waals surface area (Å²) in [6.45, 7) is 0.503. The van der Waals surface area contributed by atoms with Gasteiger partial charge in [-0.25, -0.2) is 0 Å². The molecule has 5 heteroatoms. The highest BCUT2D eigenvalue weighted by Gasteiger charge is 1.96. The van der Waals surface area contributed by atoms with Crippen molar-refractivity contribution in [1.82, 2.24) is 0 Å². The lowest BCUT2D eigenvalue weighted by atomic mass is 10.2. The Hall–Kier alpha value is -2.37. The second-order valence-corrected chi connectivity index (χ2v) is 2.93. The predicted octanol–water partition coefficient (Wildman–Crippen LogP) is 1.65. The van der Waals surface area contributed by atoms with E-state index in [1.807, 2.05) is 18.2 Å². The van der Waals surface area contributed by atoms with Crippen LogP contribution < -0.4 is 5.43 Å². The fraction of sp³-hybridized carbons (Fsp3) is 0.182. The number of rotatable bonds is 4. The van der Waals surface area contributed by atoms with E-state index in [0.717, 1.165) is 5.56 Å². The van der Waals surface area contributed by atoms with Crippen LogP contribution in [0.3, 0.4) is 0 Å². The first-order chi connectivity index (χ1) is 7.80. The summed E-state index contributed by atoms with van der Waals surface area (Å²) in [5, 5.41) is 20.6. The summed E-state index contributed by atoms with van der Waals surface area (Å²) < 4.78 is 4.98. The smallest absolute Gasteiger partial charge is 0.237 e. The number of benzene rings is 1. The van der Waals surface area contributed by atoms with Gasteiger partial charge in [-0.05, 0) is 17.7 Å². The third kappa shape index (κ3) is 3.41. The molecule has 1 aromatic rings. The minimum atomic E-state index is -0.211. The van der Waals surface area contributed by atoms with E-state index >= 15 is 0 Å². The maximum absolute atomic E-state index is 8.48. The molecule has 1 N–H and O–H groups in total. The molecule has 1 aromatic carbocycles. The number of hydrogen-bond acceptors (Lipinski definition) is 5. The molecule has 0 heterocycles. The van der Waals surface area contributed by atoms with E-state index < -0.39 is 0 Å². The van der Waals surface area contributed by atoms with Crippen LogP contribution >= 0.6 is 0 Å². The number of nitrogens with zero attached hydrogens (tertiary/aromatic N) is 3. The molecule has 0 amide bonds. The Morgan fingerprint density at radius 1 is 1.44 bits per heavy atom. The van der Waals surface area contributed by atoms with Gasteiger partial charge in [0, 0.05) is 7.11 Å². The molecule has 0 atom stereocenters. The third-order valence-electron chi connectivity index (χ3n) is 1.75. The van der Waals surface area contributed by atoms with E-state index in [4.69, 9.17) is 15.3 Å². The highest BCUT2D eigenvalue weighted by atomic mass is 16.5. The van der Waals surface area contributed by atoms with Crippen LogP contribution in [-0.4, -0.2) is 12.8 Å². The first kappa shape index (κ1) is 11.7. The lowest BCUT2D eigenvalue weighted by Gasteiger charge is -2.03.